The van der Waals surface area contributed by atoms with Crippen molar-refractivity contribution in [3.8, 4) is 5.75 Å². The van der Waals surface area contributed by atoms with Gasteiger partial charge in [0.15, 0.2) is 5.82 Å². The van der Waals surface area contributed by atoms with Crippen LogP contribution in [0, 0.1) is 0 Å². The lowest BCUT2D eigenvalue weighted by atomic mass is 10.1. The molecule has 3 aromatic rings. The van der Waals surface area contributed by atoms with Crippen LogP contribution in [0.25, 0.3) is 0 Å². The molecule has 0 bridgehead atoms. The molecule has 10 heteroatoms. The van der Waals surface area contributed by atoms with Gasteiger partial charge in [-0.1, -0.05) is 41.9 Å². The second-order valence-corrected chi connectivity index (χ2v) is 7.75. The van der Waals surface area contributed by atoms with Crippen molar-refractivity contribution in [1.82, 2.24) is 25.3 Å². The van der Waals surface area contributed by atoms with E-state index in [0.29, 0.717) is 40.0 Å². The van der Waals surface area contributed by atoms with Crippen molar-refractivity contribution in [2.24, 2.45) is 0 Å². The Morgan fingerprint density at radius 3 is 2.97 bits per heavy atom. The van der Waals surface area contributed by atoms with Crippen molar-refractivity contribution in [1.29, 1.82) is 0 Å². The van der Waals surface area contributed by atoms with Crippen molar-refractivity contribution in [2.75, 3.05) is 12.4 Å². The molecule has 1 aromatic carbocycles. The van der Waals surface area contributed by atoms with Crippen LogP contribution in [-0.4, -0.2) is 38.3 Å². The lowest BCUT2D eigenvalue weighted by Crippen LogP contribution is -2.15. The number of carbonyl (C=O) groups is 1. The molecule has 0 spiro atoms. The fraction of sp³-hybridized carbons (Fsp3) is 0.421. The predicted octanol–water partition coefficient (Wildman–Crippen LogP) is 3.33. The van der Waals surface area contributed by atoms with Crippen molar-refractivity contribution in [2.45, 2.75) is 48.9 Å². The average Bonchev–Trinajstić information content (AvgIpc) is 3.48. The van der Waals surface area contributed by atoms with Crippen LogP contribution in [0.1, 0.15) is 49.1 Å². The zero-order valence-corrected chi connectivity index (χ0v) is 16.9. The number of carbonyl (C=O) groups excluding carboxylic acids is 1. The Morgan fingerprint density at radius 1 is 1.31 bits per heavy atom. The number of nitrogens with one attached hydrogen (secondary N) is 2. The van der Waals surface area contributed by atoms with Crippen LogP contribution in [0.4, 0.5) is 5.69 Å². The van der Waals surface area contributed by atoms with Crippen molar-refractivity contribution >= 4 is 23.4 Å². The van der Waals surface area contributed by atoms with Gasteiger partial charge in [-0.25, -0.2) is 4.98 Å². The molecule has 2 aromatic heterocycles. The maximum Gasteiger partial charge on any atom is 0.237 e. The highest BCUT2D eigenvalue weighted by Gasteiger charge is 2.21. The molecule has 1 amide bonds. The second-order valence-electron chi connectivity index (χ2n) is 6.80. The molecule has 0 radical (unpaired) electrons. The number of aromatic amines is 1. The number of thioether (sulfide) groups is 1. The summed E-state index contributed by atoms with van der Waals surface area (Å²) in [4.78, 5) is 21.1. The molecule has 0 saturated heterocycles. The highest BCUT2D eigenvalue weighted by molar-refractivity contribution is 7.98. The first kappa shape index (κ1) is 19.4. The van der Waals surface area contributed by atoms with Gasteiger partial charge >= 0.3 is 0 Å². The van der Waals surface area contributed by atoms with E-state index in [9.17, 15) is 4.79 Å². The molecule has 1 aliphatic carbocycles. The Balaban J connectivity index is 1.28. The number of aromatic nitrogens is 5. The summed E-state index contributed by atoms with van der Waals surface area (Å²) in [5.41, 5.74) is 0.599. The number of hydrogen-bond acceptors (Lipinski definition) is 8. The highest BCUT2D eigenvalue weighted by Crippen LogP contribution is 2.32. The van der Waals surface area contributed by atoms with E-state index in [1.54, 1.807) is 19.2 Å². The lowest BCUT2D eigenvalue weighted by Gasteiger charge is -2.08. The summed E-state index contributed by atoms with van der Waals surface area (Å²) >= 11 is 1.43. The van der Waals surface area contributed by atoms with Gasteiger partial charge in [-0.2, -0.15) is 4.98 Å². The standard InChI is InChI=1S/C19H22N6O3S/c1-27-14-9-5-4-8-13(14)20-16(26)10-15-21-17(28-25-15)11-29-19-22-18(23-24-19)12-6-2-3-7-12/h4-5,8-9,12H,2-3,6-7,10-11H2,1H3,(H,20,26)(H,22,23,24). The molecular formula is C19H22N6O3S. The molecule has 4 rings (SSSR count). The van der Waals surface area contributed by atoms with Gasteiger partial charge in [0.25, 0.3) is 0 Å². The van der Waals surface area contributed by atoms with Gasteiger partial charge in [0, 0.05) is 5.92 Å². The molecule has 1 saturated carbocycles. The SMILES string of the molecule is COc1ccccc1NC(=O)Cc1noc(CSc2n[nH]c(C3CCCC3)n2)n1. The number of benzene rings is 1. The normalized spacial score (nSPS) is 14.2. The van der Waals surface area contributed by atoms with Crippen molar-refractivity contribution in [3.63, 3.8) is 0 Å². The van der Waals surface area contributed by atoms with E-state index >= 15 is 0 Å². The molecule has 2 N–H and O–H groups in total. The molecule has 9 nitrogen and oxygen atoms in total. The molecular weight excluding hydrogens is 392 g/mol. The van der Waals surface area contributed by atoms with Gasteiger partial charge in [-0.05, 0) is 25.0 Å². The van der Waals surface area contributed by atoms with Crippen molar-refractivity contribution < 1.29 is 14.1 Å². The molecule has 1 aliphatic rings. The van der Waals surface area contributed by atoms with Crippen LogP contribution >= 0.6 is 11.8 Å². The Hall–Kier alpha value is -2.88. The van der Waals surface area contributed by atoms with Crippen LogP contribution in [0.15, 0.2) is 33.9 Å². The summed E-state index contributed by atoms with van der Waals surface area (Å²) in [7, 11) is 1.55. The van der Waals surface area contributed by atoms with Gasteiger partial charge in [0.2, 0.25) is 17.0 Å². The third kappa shape index (κ3) is 4.94. The number of methoxy groups -OCH3 is 1. The average molecular weight is 414 g/mol. The van der Waals surface area contributed by atoms with Gasteiger partial charge < -0.3 is 14.6 Å². The number of ether oxygens (including phenoxy) is 1. The van der Waals surface area contributed by atoms with E-state index in [1.165, 1.54) is 37.4 Å². The zero-order chi connectivity index (χ0) is 20.1. The fourth-order valence-corrected chi connectivity index (χ4v) is 3.98. The number of para-hydroxylation sites is 2. The Bertz CT molecular complexity index is 966. The summed E-state index contributed by atoms with van der Waals surface area (Å²) in [5, 5.41) is 14.6. The van der Waals surface area contributed by atoms with E-state index in [-0.39, 0.29) is 12.3 Å². The van der Waals surface area contributed by atoms with Crippen LogP contribution in [0.5, 0.6) is 5.75 Å². The summed E-state index contributed by atoms with van der Waals surface area (Å²) in [6.45, 7) is 0. The van der Waals surface area contributed by atoms with Crippen LogP contribution < -0.4 is 10.1 Å². The lowest BCUT2D eigenvalue weighted by molar-refractivity contribution is -0.115. The smallest absolute Gasteiger partial charge is 0.237 e. The number of nitrogens with zero attached hydrogens (tertiary/aromatic N) is 4. The topological polar surface area (TPSA) is 119 Å². The quantitative estimate of drug-likeness (QED) is 0.539. The van der Waals surface area contributed by atoms with Gasteiger partial charge in [-0.15, -0.1) is 5.10 Å². The minimum Gasteiger partial charge on any atom is -0.495 e. The molecule has 152 valence electrons. The molecule has 29 heavy (non-hydrogen) atoms. The summed E-state index contributed by atoms with van der Waals surface area (Å²) in [6, 6.07) is 7.21. The van der Waals surface area contributed by atoms with E-state index in [1.807, 2.05) is 12.1 Å². The molecule has 0 unspecified atom stereocenters. The minimum absolute atomic E-state index is 0.0126. The Morgan fingerprint density at radius 2 is 2.14 bits per heavy atom. The molecule has 2 heterocycles. The van der Waals surface area contributed by atoms with Crippen LogP contribution in [0.3, 0.4) is 0 Å². The third-order valence-electron chi connectivity index (χ3n) is 4.76. The monoisotopic (exact) mass is 414 g/mol. The maximum atomic E-state index is 12.2. The largest absolute Gasteiger partial charge is 0.495 e. The predicted molar refractivity (Wildman–Crippen MR) is 107 cm³/mol. The number of amides is 1. The van der Waals surface area contributed by atoms with Gasteiger partial charge in [0.1, 0.15) is 11.6 Å². The zero-order valence-electron chi connectivity index (χ0n) is 16.1. The van der Waals surface area contributed by atoms with E-state index < -0.39 is 0 Å². The third-order valence-corrected chi connectivity index (χ3v) is 5.59. The highest BCUT2D eigenvalue weighted by atomic mass is 32.2. The van der Waals surface area contributed by atoms with Gasteiger partial charge in [-0.3, -0.25) is 9.89 Å². The van der Waals surface area contributed by atoms with Crippen LogP contribution in [0.2, 0.25) is 0 Å². The Kier molecular flexibility index (Phi) is 6.09. The number of rotatable bonds is 8. The molecule has 0 aliphatic heterocycles. The van der Waals surface area contributed by atoms with E-state index in [4.69, 9.17) is 9.26 Å². The first-order chi connectivity index (χ1) is 14.2. The fourth-order valence-electron chi connectivity index (χ4n) is 3.34. The Labute approximate surface area is 172 Å². The second kappa shape index (κ2) is 9.08. The molecule has 0 atom stereocenters. The van der Waals surface area contributed by atoms with E-state index in [2.05, 4.69) is 30.6 Å². The maximum absolute atomic E-state index is 12.2. The first-order valence-corrected chi connectivity index (χ1v) is 10.5. The van der Waals surface area contributed by atoms with Crippen molar-refractivity contribution in [3.05, 3.63) is 41.8 Å². The number of hydrogen-bond donors (Lipinski definition) is 2. The number of H-pyrrole nitrogens is 1. The van der Waals surface area contributed by atoms with E-state index in [0.717, 1.165) is 5.82 Å². The van der Waals surface area contributed by atoms with Gasteiger partial charge in [0.05, 0.1) is 25.0 Å². The summed E-state index contributed by atoms with van der Waals surface area (Å²) in [6.07, 6.45) is 4.86. The first-order valence-electron chi connectivity index (χ1n) is 9.50. The number of anilines is 1. The van der Waals surface area contributed by atoms with Crippen LogP contribution in [-0.2, 0) is 17.0 Å². The molecule has 1 fully saturated rings. The minimum atomic E-state index is -0.246. The summed E-state index contributed by atoms with van der Waals surface area (Å²) in [5.74, 6) is 3.01. The summed E-state index contributed by atoms with van der Waals surface area (Å²) < 4.78 is 10.5.